The van der Waals surface area contributed by atoms with Gasteiger partial charge < -0.3 is 14.2 Å². The van der Waals surface area contributed by atoms with Gasteiger partial charge in [-0.1, -0.05) is 35.9 Å². The van der Waals surface area contributed by atoms with Gasteiger partial charge >= 0.3 is 0 Å². The van der Waals surface area contributed by atoms with Crippen LogP contribution in [0, 0.1) is 6.92 Å². The van der Waals surface area contributed by atoms with Crippen molar-refractivity contribution >= 4 is 21.8 Å². The molecule has 6 nitrogen and oxygen atoms in total. The molecule has 33 heavy (non-hydrogen) atoms. The Labute approximate surface area is 199 Å². The van der Waals surface area contributed by atoms with Gasteiger partial charge in [0.15, 0.2) is 11.5 Å². The van der Waals surface area contributed by atoms with Crippen LogP contribution in [0.5, 0.6) is 17.2 Å². The average Bonchev–Trinajstić information content (AvgIpc) is 2.83. The van der Waals surface area contributed by atoms with Crippen LogP contribution in [0.4, 0.5) is 0 Å². The molecule has 0 amide bonds. The molecular formula is C25H27NO5S2. The van der Waals surface area contributed by atoms with Crippen molar-refractivity contribution in [1.29, 1.82) is 0 Å². The van der Waals surface area contributed by atoms with E-state index in [1.165, 1.54) is 11.8 Å². The van der Waals surface area contributed by atoms with Crippen molar-refractivity contribution in [1.82, 2.24) is 4.31 Å². The van der Waals surface area contributed by atoms with Gasteiger partial charge in [-0.15, -0.1) is 11.8 Å². The first-order chi connectivity index (χ1) is 15.9. The normalized spacial score (nSPS) is 16.2. The molecule has 0 aliphatic carbocycles. The van der Waals surface area contributed by atoms with Crippen molar-refractivity contribution < 1.29 is 22.6 Å². The Balaban J connectivity index is 1.90. The summed E-state index contributed by atoms with van der Waals surface area (Å²) in [7, 11) is 0.930. The summed E-state index contributed by atoms with van der Waals surface area (Å²) < 4.78 is 46.1. The van der Waals surface area contributed by atoms with Crippen LogP contribution in [-0.2, 0) is 16.4 Å². The number of hydrogen-bond acceptors (Lipinski definition) is 6. The van der Waals surface area contributed by atoms with Gasteiger partial charge in [-0.2, -0.15) is 4.31 Å². The number of thioether (sulfide) groups is 1. The lowest BCUT2D eigenvalue weighted by molar-refractivity contribution is 0.310. The summed E-state index contributed by atoms with van der Waals surface area (Å²) in [6, 6.07) is 18.7. The molecule has 0 radical (unpaired) electrons. The third-order valence-electron chi connectivity index (χ3n) is 5.68. The second-order valence-corrected chi connectivity index (χ2v) is 10.7. The number of rotatable bonds is 7. The molecule has 1 atom stereocenters. The van der Waals surface area contributed by atoms with Gasteiger partial charge in [-0.05, 0) is 49.2 Å². The molecule has 4 rings (SSSR count). The van der Waals surface area contributed by atoms with Crippen LogP contribution in [0.3, 0.4) is 0 Å². The predicted molar refractivity (Wildman–Crippen MR) is 130 cm³/mol. The van der Waals surface area contributed by atoms with Crippen molar-refractivity contribution in [3.8, 4) is 17.2 Å². The Morgan fingerprint density at radius 3 is 2.18 bits per heavy atom. The number of fused-ring (bicyclic) bond motifs is 1. The van der Waals surface area contributed by atoms with E-state index >= 15 is 0 Å². The topological polar surface area (TPSA) is 65.1 Å². The molecule has 174 valence electrons. The molecule has 1 unspecified atom stereocenters. The van der Waals surface area contributed by atoms with Crippen LogP contribution in [-0.4, -0.2) is 40.6 Å². The van der Waals surface area contributed by atoms with Crippen LogP contribution in [0.1, 0.15) is 22.1 Å². The Morgan fingerprint density at radius 2 is 1.58 bits per heavy atom. The SMILES string of the molecule is COc1cc2c(c(OC)c1OC)C(Sc1ccccc1)N(S(=O)(=O)c1ccc(C)cc1)CC2. The van der Waals surface area contributed by atoms with E-state index in [-0.39, 0.29) is 4.90 Å². The third-order valence-corrected chi connectivity index (χ3v) is 8.95. The van der Waals surface area contributed by atoms with E-state index in [0.29, 0.717) is 30.2 Å². The lowest BCUT2D eigenvalue weighted by Crippen LogP contribution is -2.39. The Bertz CT molecular complexity index is 1230. The van der Waals surface area contributed by atoms with Crippen LogP contribution in [0.15, 0.2) is 70.5 Å². The molecule has 0 saturated carbocycles. The van der Waals surface area contributed by atoms with Crippen molar-refractivity contribution in [2.45, 2.75) is 28.5 Å². The highest BCUT2D eigenvalue weighted by Gasteiger charge is 2.40. The highest BCUT2D eigenvalue weighted by atomic mass is 32.2. The largest absolute Gasteiger partial charge is 0.493 e. The number of hydrogen-bond donors (Lipinski definition) is 0. The number of ether oxygens (including phenoxy) is 3. The molecule has 0 saturated heterocycles. The zero-order chi connectivity index (χ0) is 23.6. The summed E-state index contributed by atoms with van der Waals surface area (Å²) >= 11 is 1.47. The first-order valence-corrected chi connectivity index (χ1v) is 12.8. The second-order valence-electron chi connectivity index (χ2n) is 7.68. The van der Waals surface area contributed by atoms with E-state index in [1.54, 1.807) is 37.8 Å². The molecule has 3 aromatic rings. The molecule has 1 aliphatic heterocycles. The highest BCUT2D eigenvalue weighted by molar-refractivity contribution is 8.00. The fourth-order valence-corrected chi connectivity index (χ4v) is 7.12. The Morgan fingerprint density at radius 1 is 0.909 bits per heavy atom. The van der Waals surface area contributed by atoms with Gasteiger partial charge in [0.2, 0.25) is 15.8 Å². The fraction of sp³-hybridized carbons (Fsp3) is 0.280. The smallest absolute Gasteiger partial charge is 0.244 e. The molecule has 0 spiro atoms. The minimum Gasteiger partial charge on any atom is -0.493 e. The average molecular weight is 486 g/mol. The van der Waals surface area contributed by atoms with Gasteiger partial charge in [0.1, 0.15) is 5.37 Å². The van der Waals surface area contributed by atoms with Crippen LogP contribution >= 0.6 is 11.8 Å². The highest BCUT2D eigenvalue weighted by Crippen LogP contribution is 2.53. The molecular weight excluding hydrogens is 458 g/mol. The third kappa shape index (κ3) is 4.43. The number of aryl methyl sites for hydroxylation is 1. The van der Waals surface area contributed by atoms with Gasteiger partial charge in [0, 0.05) is 17.0 Å². The van der Waals surface area contributed by atoms with E-state index < -0.39 is 15.4 Å². The first kappa shape index (κ1) is 23.5. The quantitative estimate of drug-likeness (QED) is 0.466. The number of benzene rings is 3. The molecule has 0 bridgehead atoms. The van der Waals surface area contributed by atoms with E-state index in [2.05, 4.69) is 0 Å². The van der Waals surface area contributed by atoms with Gasteiger partial charge in [0.25, 0.3) is 0 Å². The lowest BCUT2D eigenvalue weighted by atomic mass is 9.98. The van der Waals surface area contributed by atoms with E-state index in [9.17, 15) is 8.42 Å². The molecule has 0 aromatic heterocycles. The maximum absolute atomic E-state index is 13.8. The summed E-state index contributed by atoms with van der Waals surface area (Å²) in [6.07, 6.45) is 0.531. The van der Waals surface area contributed by atoms with Crippen LogP contribution < -0.4 is 14.2 Å². The van der Waals surface area contributed by atoms with Gasteiger partial charge in [-0.25, -0.2) is 8.42 Å². The lowest BCUT2D eigenvalue weighted by Gasteiger charge is -2.37. The standard InChI is InChI=1S/C25H27NO5S2/c1-17-10-12-20(13-11-17)33(27,28)26-15-14-18-16-21(29-2)23(30-3)24(31-4)22(18)25(26)32-19-8-6-5-7-9-19/h5-13,16,25H,14-15H2,1-4H3. The minimum atomic E-state index is -3.77. The molecule has 0 N–H and O–H groups in total. The number of methoxy groups -OCH3 is 3. The van der Waals surface area contributed by atoms with Crippen molar-refractivity contribution in [3.05, 3.63) is 77.4 Å². The first-order valence-electron chi connectivity index (χ1n) is 10.5. The zero-order valence-corrected chi connectivity index (χ0v) is 20.7. The molecule has 3 aromatic carbocycles. The summed E-state index contributed by atoms with van der Waals surface area (Å²) in [6.45, 7) is 2.28. The summed E-state index contributed by atoms with van der Waals surface area (Å²) in [5, 5.41) is -0.544. The van der Waals surface area contributed by atoms with Gasteiger partial charge in [-0.3, -0.25) is 0 Å². The molecule has 1 heterocycles. The zero-order valence-electron chi connectivity index (χ0n) is 19.1. The Kier molecular flexibility index (Phi) is 6.88. The fourth-order valence-electron chi connectivity index (χ4n) is 4.04. The van der Waals surface area contributed by atoms with E-state index in [1.807, 2.05) is 55.5 Å². The summed E-state index contributed by atoms with van der Waals surface area (Å²) in [4.78, 5) is 1.23. The minimum absolute atomic E-state index is 0.273. The number of nitrogens with zero attached hydrogens (tertiary/aromatic N) is 1. The van der Waals surface area contributed by atoms with E-state index in [0.717, 1.165) is 21.6 Å². The van der Waals surface area contributed by atoms with Crippen LogP contribution in [0.2, 0.25) is 0 Å². The van der Waals surface area contributed by atoms with Crippen LogP contribution in [0.25, 0.3) is 0 Å². The Hall–Kier alpha value is -2.68. The van der Waals surface area contributed by atoms with Crippen molar-refractivity contribution in [2.24, 2.45) is 0 Å². The second kappa shape index (κ2) is 9.67. The van der Waals surface area contributed by atoms with Crippen molar-refractivity contribution in [3.63, 3.8) is 0 Å². The maximum Gasteiger partial charge on any atom is 0.244 e. The predicted octanol–water partition coefficient (Wildman–Crippen LogP) is 5.06. The molecule has 8 heteroatoms. The molecule has 0 fully saturated rings. The van der Waals surface area contributed by atoms with Gasteiger partial charge in [0.05, 0.1) is 26.2 Å². The maximum atomic E-state index is 13.8. The molecule has 1 aliphatic rings. The summed E-state index contributed by atoms with van der Waals surface area (Å²) in [5.41, 5.74) is 2.77. The van der Waals surface area contributed by atoms with Crippen molar-refractivity contribution in [2.75, 3.05) is 27.9 Å². The monoisotopic (exact) mass is 485 g/mol. The van der Waals surface area contributed by atoms with E-state index in [4.69, 9.17) is 14.2 Å². The summed E-state index contributed by atoms with van der Waals surface area (Å²) in [5.74, 6) is 1.50. The number of sulfonamides is 1.